The van der Waals surface area contributed by atoms with Crippen molar-refractivity contribution in [2.45, 2.75) is 6.61 Å². The number of para-hydroxylation sites is 1. The smallest absolute Gasteiger partial charge is 0.323 e. The lowest BCUT2D eigenvalue weighted by Crippen LogP contribution is -2.20. The Hall–Kier alpha value is -2.40. The summed E-state index contributed by atoms with van der Waals surface area (Å²) in [5.41, 5.74) is 1.77. The predicted octanol–water partition coefficient (Wildman–Crippen LogP) is 3.62. The van der Waals surface area contributed by atoms with Crippen LogP contribution in [-0.2, 0) is 11.3 Å². The van der Waals surface area contributed by atoms with Crippen LogP contribution in [0.4, 0.5) is 20.6 Å². The Morgan fingerprint density at radius 2 is 1.80 bits per heavy atom. The molecule has 4 nitrogen and oxygen atoms in total. The van der Waals surface area contributed by atoms with E-state index >= 15 is 0 Å². The van der Waals surface area contributed by atoms with Gasteiger partial charge in [0.25, 0.3) is 0 Å². The van der Waals surface area contributed by atoms with Gasteiger partial charge < -0.3 is 15.4 Å². The summed E-state index contributed by atoms with van der Waals surface area (Å²) in [4.78, 5) is 11.7. The van der Waals surface area contributed by atoms with Gasteiger partial charge in [-0.05, 0) is 29.8 Å². The summed E-state index contributed by atoms with van der Waals surface area (Å²) in [6.07, 6.45) is 0. The number of anilines is 2. The highest BCUT2D eigenvalue weighted by Gasteiger charge is 2.06. The summed E-state index contributed by atoms with van der Waals surface area (Å²) in [7, 11) is 1.62. The molecule has 0 unspecified atom stereocenters. The highest BCUT2D eigenvalue weighted by Crippen LogP contribution is 2.14. The zero-order chi connectivity index (χ0) is 14.4. The second kappa shape index (κ2) is 6.68. The average Bonchev–Trinajstić information content (AvgIpc) is 2.44. The molecule has 0 radical (unpaired) electrons. The molecule has 20 heavy (non-hydrogen) atoms. The van der Waals surface area contributed by atoms with Crippen LogP contribution in [0.1, 0.15) is 5.56 Å². The van der Waals surface area contributed by atoms with E-state index in [4.69, 9.17) is 4.74 Å². The van der Waals surface area contributed by atoms with E-state index in [1.54, 1.807) is 31.4 Å². The molecule has 0 spiro atoms. The van der Waals surface area contributed by atoms with Gasteiger partial charge in [-0.2, -0.15) is 0 Å². The van der Waals surface area contributed by atoms with E-state index in [1.807, 2.05) is 12.1 Å². The first kappa shape index (κ1) is 14.0. The van der Waals surface area contributed by atoms with Crippen molar-refractivity contribution in [3.05, 3.63) is 59.9 Å². The van der Waals surface area contributed by atoms with Gasteiger partial charge in [-0.3, -0.25) is 0 Å². The van der Waals surface area contributed by atoms with Gasteiger partial charge in [0, 0.05) is 12.8 Å². The minimum absolute atomic E-state index is 0.140. The highest BCUT2D eigenvalue weighted by atomic mass is 19.1. The van der Waals surface area contributed by atoms with Gasteiger partial charge in [0.15, 0.2) is 0 Å². The van der Waals surface area contributed by atoms with E-state index in [2.05, 4.69) is 10.6 Å². The number of rotatable bonds is 4. The van der Waals surface area contributed by atoms with E-state index in [0.29, 0.717) is 12.3 Å². The maximum absolute atomic E-state index is 13.4. The third-order valence-corrected chi connectivity index (χ3v) is 2.64. The van der Waals surface area contributed by atoms with Crippen molar-refractivity contribution in [1.82, 2.24) is 0 Å². The largest absolute Gasteiger partial charge is 0.380 e. The van der Waals surface area contributed by atoms with Crippen molar-refractivity contribution in [2.24, 2.45) is 0 Å². The Bertz CT molecular complexity index is 585. The number of nitrogens with one attached hydrogen (secondary N) is 2. The lowest BCUT2D eigenvalue weighted by Gasteiger charge is -2.08. The van der Waals surface area contributed by atoms with Gasteiger partial charge >= 0.3 is 6.03 Å². The molecule has 0 saturated carbocycles. The van der Waals surface area contributed by atoms with E-state index in [1.165, 1.54) is 12.1 Å². The van der Waals surface area contributed by atoms with E-state index in [0.717, 1.165) is 5.56 Å². The molecule has 0 fully saturated rings. The summed E-state index contributed by atoms with van der Waals surface area (Å²) >= 11 is 0. The van der Waals surface area contributed by atoms with Crippen LogP contribution in [0, 0.1) is 5.82 Å². The van der Waals surface area contributed by atoms with Gasteiger partial charge in [0.1, 0.15) is 5.82 Å². The molecule has 2 N–H and O–H groups in total. The second-order valence-electron chi connectivity index (χ2n) is 4.19. The van der Waals surface area contributed by atoms with Crippen LogP contribution in [0.25, 0.3) is 0 Å². The fourth-order valence-corrected chi connectivity index (χ4v) is 1.70. The van der Waals surface area contributed by atoms with Crippen molar-refractivity contribution >= 4 is 17.4 Å². The lowest BCUT2D eigenvalue weighted by molar-refractivity contribution is 0.185. The van der Waals surface area contributed by atoms with Crippen LogP contribution in [-0.4, -0.2) is 13.1 Å². The molecule has 2 aromatic rings. The SMILES string of the molecule is COCc1ccc(NC(=O)Nc2ccccc2F)cc1. The average molecular weight is 274 g/mol. The minimum atomic E-state index is -0.491. The fraction of sp³-hybridized carbons (Fsp3) is 0.133. The Kier molecular flexibility index (Phi) is 4.68. The molecule has 2 amide bonds. The molecular formula is C15H15FN2O2. The number of urea groups is 1. The van der Waals surface area contributed by atoms with Crippen molar-refractivity contribution in [1.29, 1.82) is 0 Å². The molecule has 0 heterocycles. The number of amides is 2. The number of carbonyl (C=O) groups is 1. The zero-order valence-corrected chi connectivity index (χ0v) is 11.0. The Morgan fingerprint density at radius 3 is 2.45 bits per heavy atom. The first-order chi connectivity index (χ1) is 9.69. The van der Waals surface area contributed by atoms with Crippen molar-refractivity contribution in [2.75, 3.05) is 17.7 Å². The van der Waals surface area contributed by atoms with E-state index < -0.39 is 11.8 Å². The number of hydrogen-bond acceptors (Lipinski definition) is 2. The fourth-order valence-electron chi connectivity index (χ4n) is 1.70. The van der Waals surface area contributed by atoms with Crippen LogP contribution in [0.2, 0.25) is 0 Å². The molecule has 0 saturated heterocycles. The van der Waals surface area contributed by atoms with Crippen molar-refractivity contribution in [3.8, 4) is 0 Å². The van der Waals surface area contributed by atoms with Crippen LogP contribution in [0.15, 0.2) is 48.5 Å². The normalized spacial score (nSPS) is 10.1. The zero-order valence-electron chi connectivity index (χ0n) is 11.0. The number of halogens is 1. The van der Waals surface area contributed by atoms with Crippen LogP contribution < -0.4 is 10.6 Å². The molecular weight excluding hydrogens is 259 g/mol. The Morgan fingerprint density at radius 1 is 1.10 bits per heavy atom. The molecule has 104 valence electrons. The maximum Gasteiger partial charge on any atom is 0.323 e. The quantitative estimate of drug-likeness (QED) is 0.894. The first-order valence-corrected chi connectivity index (χ1v) is 6.09. The number of carbonyl (C=O) groups excluding carboxylic acids is 1. The summed E-state index contributed by atoms with van der Waals surface area (Å²) < 4.78 is 18.4. The standard InChI is InChI=1S/C15H15FN2O2/c1-20-10-11-6-8-12(9-7-11)17-15(19)18-14-5-3-2-4-13(14)16/h2-9H,10H2,1H3,(H2,17,18,19). The second-order valence-corrected chi connectivity index (χ2v) is 4.19. The molecule has 0 bridgehead atoms. The monoisotopic (exact) mass is 274 g/mol. The van der Waals surface area contributed by atoms with Crippen LogP contribution >= 0.6 is 0 Å². The first-order valence-electron chi connectivity index (χ1n) is 6.09. The van der Waals surface area contributed by atoms with Gasteiger partial charge in [-0.15, -0.1) is 0 Å². The third kappa shape index (κ3) is 3.80. The molecule has 0 aliphatic heterocycles. The van der Waals surface area contributed by atoms with E-state index in [9.17, 15) is 9.18 Å². The predicted molar refractivity (Wildman–Crippen MR) is 76.2 cm³/mol. The van der Waals surface area contributed by atoms with Gasteiger partial charge in [0.05, 0.1) is 12.3 Å². The van der Waals surface area contributed by atoms with Crippen molar-refractivity contribution in [3.63, 3.8) is 0 Å². The number of hydrogen-bond donors (Lipinski definition) is 2. The molecule has 0 aliphatic rings. The molecule has 0 atom stereocenters. The topological polar surface area (TPSA) is 50.4 Å². The maximum atomic E-state index is 13.4. The minimum Gasteiger partial charge on any atom is -0.380 e. The van der Waals surface area contributed by atoms with Gasteiger partial charge in [-0.1, -0.05) is 24.3 Å². The third-order valence-electron chi connectivity index (χ3n) is 2.64. The summed E-state index contributed by atoms with van der Waals surface area (Å²) in [6.45, 7) is 0.516. The Balaban J connectivity index is 1.96. The van der Waals surface area contributed by atoms with Crippen molar-refractivity contribution < 1.29 is 13.9 Å². The summed E-state index contributed by atoms with van der Waals surface area (Å²) in [5.74, 6) is -0.474. The molecule has 2 rings (SSSR count). The lowest BCUT2D eigenvalue weighted by atomic mass is 10.2. The molecule has 5 heteroatoms. The summed E-state index contributed by atoms with van der Waals surface area (Å²) in [6, 6.07) is 12.7. The number of methoxy groups -OCH3 is 1. The highest BCUT2D eigenvalue weighted by molar-refractivity contribution is 5.99. The molecule has 0 aromatic heterocycles. The number of benzene rings is 2. The number of ether oxygens (including phenoxy) is 1. The van der Waals surface area contributed by atoms with Crippen LogP contribution in [0.3, 0.4) is 0 Å². The molecule has 2 aromatic carbocycles. The van der Waals surface area contributed by atoms with E-state index in [-0.39, 0.29) is 5.69 Å². The summed E-state index contributed by atoms with van der Waals surface area (Å²) in [5, 5.41) is 5.08. The molecule has 0 aliphatic carbocycles. The van der Waals surface area contributed by atoms with Gasteiger partial charge in [-0.25, -0.2) is 9.18 Å². The van der Waals surface area contributed by atoms with Gasteiger partial charge in [0.2, 0.25) is 0 Å². The van der Waals surface area contributed by atoms with Crippen LogP contribution in [0.5, 0.6) is 0 Å². The Labute approximate surface area is 116 Å².